The lowest BCUT2D eigenvalue weighted by Gasteiger charge is -2.19. The quantitative estimate of drug-likeness (QED) is 0.590. The van der Waals surface area contributed by atoms with Crippen molar-refractivity contribution >= 4 is 33.4 Å². The third-order valence-corrected chi connectivity index (χ3v) is 4.59. The molecule has 2 amide bonds. The molecular formula is C22H19BrN2O2. The van der Waals surface area contributed by atoms with E-state index in [4.69, 9.17) is 0 Å². The molecule has 0 aromatic heterocycles. The van der Waals surface area contributed by atoms with Crippen molar-refractivity contribution in [1.29, 1.82) is 0 Å². The summed E-state index contributed by atoms with van der Waals surface area (Å²) in [5, 5.41) is 5.84. The van der Waals surface area contributed by atoms with Gasteiger partial charge in [-0.1, -0.05) is 64.5 Å². The van der Waals surface area contributed by atoms with Crippen LogP contribution in [0.25, 0.3) is 0 Å². The molecule has 3 aromatic rings. The third-order valence-electron chi connectivity index (χ3n) is 4.06. The van der Waals surface area contributed by atoms with E-state index in [0.29, 0.717) is 11.3 Å². The van der Waals surface area contributed by atoms with Crippen LogP contribution < -0.4 is 10.6 Å². The van der Waals surface area contributed by atoms with Gasteiger partial charge in [-0.3, -0.25) is 9.59 Å². The van der Waals surface area contributed by atoms with Crippen molar-refractivity contribution in [3.63, 3.8) is 0 Å². The second-order valence-electron chi connectivity index (χ2n) is 6.06. The Morgan fingerprint density at radius 1 is 0.815 bits per heavy atom. The highest BCUT2D eigenvalue weighted by Crippen LogP contribution is 2.20. The summed E-state index contributed by atoms with van der Waals surface area (Å²) < 4.78 is 0.942. The van der Waals surface area contributed by atoms with Gasteiger partial charge in [-0.25, -0.2) is 0 Å². The summed E-state index contributed by atoms with van der Waals surface area (Å²) in [5.41, 5.74) is 2.16. The number of amides is 2. The molecule has 2 N–H and O–H groups in total. The van der Waals surface area contributed by atoms with Crippen LogP contribution in [-0.2, 0) is 4.79 Å². The van der Waals surface area contributed by atoms with Crippen LogP contribution in [0.2, 0.25) is 0 Å². The van der Waals surface area contributed by atoms with Crippen molar-refractivity contribution in [2.24, 2.45) is 0 Å². The molecule has 0 saturated heterocycles. The Hall–Kier alpha value is -2.92. The Morgan fingerprint density at radius 3 is 2.04 bits per heavy atom. The van der Waals surface area contributed by atoms with Crippen LogP contribution >= 0.6 is 15.9 Å². The number of carbonyl (C=O) groups is 2. The van der Waals surface area contributed by atoms with E-state index < -0.39 is 6.04 Å². The van der Waals surface area contributed by atoms with E-state index in [1.54, 1.807) is 12.1 Å². The molecule has 5 heteroatoms. The summed E-state index contributed by atoms with van der Waals surface area (Å²) in [6, 6.07) is 25.4. The molecule has 0 aliphatic rings. The average molecular weight is 423 g/mol. The summed E-state index contributed by atoms with van der Waals surface area (Å²) in [6.07, 6.45) is 0.138. The van der Waals surface area contributed by atoms with Gasteiger partial charge in [0.05, 0.1) is 12.5 Å². The smallest absolute Gasteiger partial charge is 0.251 e. The van der Waals surface area contributed by atoms with Crippen LogP contribution in [0.5, 0.6) is 0 Å². The highest BCUT2D eigenvalue weighted by atomic mass is 79.9. The van der Waals surface area contributed by atoms with Crippen molar-refractivity contribution < 1.29 is 9.59 Å². The summed E-state index contributed by atoms with van der Waals surface area (Å²) in [4.78, 5) is 25.1. The first-order valence-electron chi connectivity index (χ1n) is 8.58. The highest BCUT2D eigenvalue weighted by molar-refractivity contribution is 9.10. The van der Waals surface area contributed by atoms with Crippen molar-refractivity contribution in [2.75, 3.05) is 5.32 Å². The van der Waals surface area contributed by atoms with Gasteiger partial charge >= 0.3 is 0 Å². The number of halogens is 1. The van der Waals surface area contributed by atoms with Crippen molar-refractivity contribution in [2.45, 2.75) is 12.5 Å². The van der Waals surface area contributed by atoms with E-state index in [2.05, 4.69) is 26.6 Å². The van der Waals surface area contributed by atoms with Crippen molar-refractivity contribution in [3.05, 3.63) is 101 Å². The number of carbonyl (C=O) groups excluding carboxylic acids is 2. The molecule has 136 valence electrons. The fourth-order valence-corrected chi connectivity index (χ4v) is 2.96. The van der Waals surface area contributed by atoms with Gasteiger partial charge in [-0.2, -0.15) is 0 Å². The summed E-state index contributed by atoms with van der Waals surface area (Å²) in [7, 11) is 0. The van der Waals surface area contributed by atoms with Crippen LogP contribution in [0.15, 0.2) is 89.4 Å². The van der Waals surface area contributed by atoms with E-state index in [1.165, 1.54) is 0 Å². The number of anilines is 1. The minimum absolute atomic E-state index is 0.138. The van der Waals surface area contributed by atoms with Gasteiger partial charge in [-0.05, 0) is 42.0 Å². The maximum Gasteiger partial charge on any atom is 0.251 e. The number of rotatable bonds is 6. The molecule has 0 aliphatic carbocycles. The van der Waals surface area contributed by atoms with Crippen LogP contribution in [0.3, 0.4) is 0 Å². The zero-order chi connectivity index (χ0) is 19.1. The Morgan fingerprint density at radius 2 is 1.41 bits per heavy atom. The molecule has 3 rings (SSSR count). The van der Waals surface area contributed by atoms with E-state index in [0.717, 1.165) is 10.0 Å². The Balaban J connectivity index is 1.73. The first kappa shape index (κ1) is 18.9. The largest absolute Gasteiger partial charge is 0.345 e. The number of hydrogen-bond donors (Lipinski definition) is 2. The van der Waals surface area contributed by atoms with E-state index in [9.17, 15) is 9.59 Å². The van der Waals surface area contributed by atoms with Crippen LogP contribution in [-0.4, -0.2) is 11.8 Å². The first-order chi connectivity index (χ1) is 13.1. The lowest BCUT2D eigenvalue weighted by Crippen LogP contribution is -2.31. The topological polar surface area (TPSA) is 58.2 Å². The number of benzene rings is 3. The van der Waals surface area contributed by atoms with Gasteiger partial charge in [0.15, 0.2) is 0 Å². The lowest BCUT2D eigenvalue weighted by molar-refractivity contribution is -0.116. The number of nitrogens with one attached hydrogen (secondary N) is 2. The second kappa shape index (κ2) is 9.14. The third kappa shape index (κ3) is 5.53. The molecule has 27 heavy (non-hydrogen) atoms. The molecule has 4 nitrogen and oxygen atoms in total. The SMILES string of the molecule is O=C(C[C@H](NC(=O)c1ccccc1)c1ccccc1)Nc1ccc(Br)cc1. The van der Waals surface area contributed by atoms with E-state index in [-0.39, 0.29) is 18.2 Å². The van der Waals surface area contributed by atoms with Crippen molar-refractivity contribution in [3.8, 4) is 0 Å². The fraction of sp³-hybridized carbons (Fsp3) is 0.0909. The molecule has 0 aliphatic heterocycles. The summed E-state index contributed by atoms with van der Waals surface area (Å²) >= 11 is 3.37. The van der Waals surface area contributed by atoms with Crippen molar-refractivity contribution in [1.82, 2.24) is 5.32 Å². The standard InChI is InChI=1S/C22H19BrN2O2/c23-18-11-13-19(14-12-18)24-21(26)15-20(16-7-3-1-4-8-16)25-22(27)17-9-5-2-6-10-17/h1-14,20H,15H2,(H,24,26)(H,25,27)/t20-/m0/s1. The van der Waals surface area contributed by atoms with Gasteiger partial charge in [0.2, 0.25) is 5.91 Å². The normalized spacial score (nSPS) is 11.4. The predicted octanol–water partition coefficient (Wildman–Crippen LogP) is 4.95. The van der Waals surface area contributed by atoms with Crippen LogP contribution in [0.4, 0.5) is 5.69 Å². The summed E-state index contributed by atoms with van der Waals surface area (Å²) in [5.74, 6) is -0.375. The maximum absolute atomic E-state index is 12.6. The monoisotopic (exact) mass is 422 g/mol. The van der Waals surface area contributed by atoms with Gasteiger partial charge in [0.1, 0.15) is 0 Å². The Kier molecular flexibility index (Phi) is 6.39. The lowest BCUT2D eigenvalue weighted by atomic mass is 10.0. The molecule has 0 radical (unpaired) electrons. The molecular weight excluding hydrogens is 404 g/mol. The fourth-order valence-electron chi connectivity index (χ4n) is 2.70. The molecule has 0 unspecified atom stereocenters. The summed E-state index contributed by atoms with van der Waals surface area (Å²) in [6.45, 7) is 0. The minimum Gasteiger partial charge on any atom is -0.345 e. The Bertz CT molecular complexity index is 897. The molecule has 0 heterocycles. The minimum atomic E-state index is -0.422. The van der Waals surface area contributed by atoms with E-state index in [1.807, 2.05) is 72.8 Å². The van der Waals surface area contributed by atoms with Gasteiger partial charge < -0.3 is 10.6 Å². The molecule has 0 spiro atoms. The molecule has 0 bridgehead atoms. The zero-order valence-electron chi connectivity index (χ0n) is 14.6. The molecule has 0 fully saturated rings. The average Bonchev–Trinajstić information content (AvgIpc) is 2.70. The molecule has 3 aromatic carbocycles. The Labute approximate surface area is 166 Å². The van der Waals surface area contributed by atoms with Gasteiger partial charge in [0, 0.05) is 15.7 Å². The van der Waals surface area contributed by atoms with Gasteiger partial charge in [-0.15, -0.1) is 0 Å². The first-order valence-corrected chi connectivity index (χ1v) is 9.37. The van der Waals surface area contributed by atoms with Crippen LogP contribution in [0.1, 0.15) is 28.4 Å². The number of hydrogen-bond acceptors (Lipinski definition) is 2. The molecule has 0 saturated carbocycles. The van der Waals surface area contributed by atoms with E-state index >= 15 is 0 Å². The maximum atomic E-state index is 12.6. The zero-order valence-corrected chi connectivity index (χ0v) is 16.1. The van der Waals surface area contributed by atoms with Crippen LogP contribution in [0, 0.1) is 0 Å². The predicted molar refractivity (Wildman–Crippen MR) is 110 cm³/mol. The second-order valence-corrected chi connectivity index (χ2v) is 6.98. The van der Waals surface area contributed by atoms with Gasteiger partial charge in [0.25, 0.3) is 5.91 Å². The highest BCUT2D eigenvalue weighted by Gasteiger charge is 2.19. The molecule has 1 atom stereocenters.